The first-order chi connectivity index (χ1) is 8.98. The van der Waals surface area contributed by atoms with Crippen LogP contribution in [0, 0.1) is 5.92 Å². The van der Waals surface area contributed by atoms with Crippen LogP contribution in [-0.2, 0) is 9.47 Å². The maximum absolute atomic E-state index is 12.5. The molecule has 0 N–H and O–H groups in total. The van der Waals surface area contributed by atoms with Gasteiger partial charge in [-0.3, -0.25) is 4.90 Å². The van der Waals surface area contributed by atoms with Gasteiger partial charge in [-0.15, -0.1) is 6.58 Å². The van der Waals surface area contributed by atoms with Gasteiger partial charge in [-0.2, -0.15) is 0 Å². The van der Waals surface area contributed by atoms with E-state index in [-0.39, 0.29) is 18.2 Å². The van der Waals surface area contributed by atoms with E-state index in [1.54, 1.807) is 11.0 Å². The molecule has 0 radical (unpaired) electrons. The molecule has 1 saturated heterocycles. The summed E-state index contributed by atoms with van der Waals surface area (Å²) in [6.07, 6.45) is 2.16. The van der Waals surface area contributed by atoms with Crippen molar-refractivity contribution in [3.8, 4) is 0 Å². The quantitative estimate of drug-likeness (QED) is 0.736. The molecule has 1 fully saturated rings. The van der Waals surface area contributed by atoms with Crippen LogP contribution in [-0.4, -0.2) is 34.5 Å². The molecule has 0 bridgehead atoms. The zero-order valence-corrected chi connectivity index (χ0v) is 13.9. The second kappa shape index (κ2) is 5.76. The minimum atomic E-state index is -0.680. The van der Waals surface area contributed by atoms with Crippen molar-refractivity contribution in [1.29, 1.82) is 0 Å². The third-order valence-electron chi connectivity index (χ3n) is 3.25. The smallest absolute Gasteiger partial charge is 0.412 e. The third kappa shape index (κ3) is 3.98. The van der Waals surface area contributed by atoms with Crippen molar-refractivity contribution >= 4 is 6.09 Å². The summed E-state index contributed by atoms with van der Waals surface area (Å²) in [5, 5.41) is 0. The topological polar surface area (TPSA) is 38.8 Å². The van der Waals surface area contributed by atoms with Crippen molar-refractivity contribution in [1.82, 2.24) is 4.90 Å². The lowest BCUT2D eigenvalue weighted by Crippen LogP contribution is -2.50. The van der Waals surface area contributed by atoms with Gasteiger partial charge in [-0.1, -0.05) is 19.9 Å². The van der Waals surface area contributed by atoms with Crippen molar-refractivity contribution in [2.24, 2.45) is 5.92 Å². The zero-order chi connectivity index (χ0) is 15.7. The van der Waals surface area contributed by atoms with Crippen LogP contribution in [0.1, 0.15) is 54.9 Å². The first-order valence-electron chi connectivity index (χ1n) is 7.30. The standard InChI is InChI=1S/C16H29NO3/c1-9-13-12(10-11(2)3)17(16(7,8)19-13)14(18)20-15(4,5)6/h9,11-13H,1,10H2,2-8H3/t12-,13-/m0/s1. The summed E-state index contributed by atoms with van der Waals surface area (Å²) >= 11 is 0. The highest BCUT2D eigenvalue weighted by molar-refractivity contribution is 5.70. The number of hydrogen-bond donors (Lipinski definition) is 0. The maximum atomic E-state index is 12.5. The molecule has 20 heavy (non-hydrogen) atoms. The average molecular weight is 283 g/mol. The monoisotopic (exact) mass is 283 g/mol. The van der Waals surface area contributed by atoms with E-state index in [2.05, 4.69) is 20.4 Å². The Balaban J connectivity index is 3.02. The Labute approximate surface area is 123 Å². The van der Waals surface area contributed by atoms with Crippen LogP contribution in [0.2, 0.25) is 0 Å². The van der Waals surface area contributed by atoms with Gasteiger partial charge in [-0.05, 0) is 47.0 Å². The predicted molar refractivity (Wildman–Crippen MR) is 80.5 cm³/mol. The van der Waals surface area contributed by atoms with Gasteiger partial charge >= 0.3 is 6.09 Å². The summed E-state index contributed by atoms with van der Waals surface area (Å²) in [6.45, 7) is 17.5. The number of hydrogen-bond acceptors (Lipinski definition) is 3. The van der Waals surface area contributed by atoms with Crippen molar-refractivity contribution in [2.45, 2.75) is 78.4 Å². The Hall–Kier alpha value is -1.03. The number of carbonyl (C=O) groups excluding carboxylic acids is 1. The van der Waals surface area contributed by atoms with Gasteiger partial charge in [0.1, 0.15) is 11.3 Å². The molecule has 0 aromatic heterocycles. The molecular weight excluding hydrogens is 254 g/mol. The summed E-state index contributed by atoms with van der Waals surface area (Å²) in [7, 11) is 0. The summed E-state index contributed by atoms with van der Waals surface area (Å²) in [6, 6.07) is -0.0302. The van der Waals surface area contributed by atoms with Crippen molar-refractivity contribution in [3.05, 3.63) is 12.7 Å². The number of nitrogens with zero attached hydrogens (tertiary/aromatic N) is 1. The highest BCUT2D eigenvalue weighted by Gasteiger charge is 2.50. The van der Waals surface area contributed by atoms with Crippen molar-refractivity contribution < 1.29 is 14.3 Å². The van der Waals surface area contributed by atoms with Gasteiger partial charge in [-0.25, -0.2) is 4.79 Å². The largest absolute Gasteiger partial charge is 0.444 e. The molecule has 1 aliphatic rings. The van der Waals surface area contributed by atoms with Crippen molar-refractivity contribution in [2.75, 3.05) is 0 Å². The molecule has 4 heteroatoms. The molecule has 1 aliphatic heterocycles. The van der Waals surface area contributed by atoms with Gasteiger partial charge in [0.15, 0.2) is 0 Å². The van der Waals surface area contributed by atoms with Gasteiger partial charge < -0.3 is 9.47 Å². The van der Waals surface area contributed by atoms with E-state index in [4.69, 9.17) is 9.47 Å². The minimum absolute atomic E-state index is 0.0302. The first kappa shape index (κ1) is 17.0. The minimum Gasteiger partial charge on any atom is -0.444 e. The Morgan fingerprint density at radius 1 is 1.45 bits per heavy atom. The fourth-order valence-corrected chi connectivity index (χ4v) is 2.61. The van der Waals surface area contributed by atoms with E-state index in [1.165, 1.54) is 0 Å². The van der Waals surface area contributed by atoms with Gasteiger partial charge in [0.2, 0.25) is 0 Å². The van der Waals surface area contributed by atoms with Gasteiger partial charge in [0, 0.05) is 0 Å². The molecule has 0 spiro atoms. The summed E-state index contributed by atoms with van der Waals surface area (Å²) < 4.78 is 11.5. The molecule has 1 amide bonds. The zero-order valence-electron chi connectivity index (χ0n) is 13.9. The number of rotatable bonds is 3. The molecular formula is C16H29NO3. The third-order valence-corrected chi connectivity index (χ3v) is 3.25. The van der Waals surface area contributed by atoms with Crippen LogP contribution in [0.25, 0.3) is 0 Å². The van der Waals surface area contributed by atoms with Crippen LogP contribution >= 0.6 is 0 Å². The van der Waals surface area contributed by atoms with Crippen LogP contribution < -0.4 is 0 Å². The SMILES string of the molecule is C=C[C@@H]1OC(C)(C)N(C(=O)OC(C)(C)C)[C@H]1CC(C)C. The number of amides is 1. The molecule has 1 heterocycles. The second-order valence-electron chi connectivity index (χ2n) is 7.31. The lowest BCUT2D eigenvalue weighted by molar-refractivity contribution is -0.0717. The molecule has 2 atom stereocenters. The van der Waals surface area contributed by atoms with Crippen LogP contribution in [0.15, 0.2) is 12.7 Å². The highest BCUT2D eigenvalue weighted by atomic mass is 16.6. The molecule has 0 aromatic carbocycles. The lowest BCUT2D eigenvalue weighted by Gasteiger charge is -2.35. The average Bonchev–Trinajstić information content (AvgIpc) is 2.45. The van der Waals surface area contributed by atoms with E-state index >= 15 is 0 Å². The second-order valence-corrected chi connectivity index (χ2v) is 7.31. The van der Waals surface area contributed by atoms with Gasteiger partial charge in [0.25, 0.3) is 0 Å². The highest BCUT2D eigenvalue weighted by Crippen LogP contribution is 2.36. The van der Waals surface area contributed by atoms with Crippen LogP contribution in [0.5, 0.6) is 0 Å². The molecule has 116 valence electrons. The fourth-order valence-electron chi connectivity index (χ4n) is 2.61. The number of carbonyl (C=O) groups is 1. The summed E-state index contributed by atoms with van der Waals surface area (Å²) in [5.41, 5.74) is -1.19. The normalized spacial score (nSPS) is 25.9. The Morgan fingerprint density at radius 2 is 2.00 bits per heavy atom. The van der Waals surface area contributed by atoms with E-state index in [1.807, 2.05) is 34.6 Å². The van der Waals surface area contributed by atoms with E-state index in [9.17, 15) is 4.79 Å². The Kier molecular flexibility index (Phi) is 4.90. The van der Waals surface area contributed by atoms with E-state index < -0.39 is 11.3 Å². The van der Waals surface area contributed by atoms with Gasteiger partial charge in [0.05, 0.1) is 12.1 Å². The van der Waals surface area contributed by atoms with E-state index in [0.29, 0.717) is 5.92 Å². The van der Waals surface area contributed by atoms with E-state index in [0.717, 1.165) is 6.42 Å². The first-order valence-corrected chi connectivity index (χ1v) is 7.30. The fraction of sp³-hybridized carbons (Fsp3) is 0.812. The summed E-state index contributed by atoms with van der Waals surface area (Å²) in [5.74, 6) is 0.463. The maximum Gasteiger partial charge on any atom is 0.412 e. The molecule has 0 aromatic rings. The molecule has 0 aliphatic carbocycles. The predicted octanol–water partition coefficient (Wildman–Crippen LogP) is 3.96. The van der Waals surface area contributed by atoms with Crippen molar-refractivity contribution in [3.63, 3.8) is 0 Å². The van der Waals surface area contributed by atoms with Crippen LogP contribution in [0.3, 0.4) is 0 Å². The molecule has 0 saturated carbocycles. The van der Waals surface area contributed by atoms with Crippen LogP contribution in [0.4, 0.5) is 4.79 Å². The molecule has 4 nitrogen and oxygen atoms in total. The number of ether oxygens (including phenoxy) is 2. The molecule has 1 rings (SSSR count). The Morgan fingerprint density at radius 3 is 2.40 bits per heavy atom. The Bertz CT molecular complexity index is 368. The molecule has 0 unspecified atom stereocenters. The summed E-state index contributed by atoms with van der Waals surface area (Å²) in [4.78, 5) is 14.2. The lowest BCUT2D eigenvalue weighted by atomic mass is 9.98.